The summed E-state index contributed by atoms with van der Waals surface area (Å²) in [4.78, 5) is 61.2. The van der Waals surface area contributed by atoms with E-state index in [4.69, 9.17) is 35.1 Å². The molecule has 8 aromatic heterocycles. The van der Waals surface area contributed by atoms with Crippen molar-refractivity contribution in [2.75, 3.05) is 77.0 Å². The number of para-hydroxylation sites is 6. The maximum Gasteiger partial charge on any atom is 0.252 e. The third-order valence-electron chi connectivity index (χ3n) is 20.9. The first-order valence-corrected chi connectivity index (χ1v) is 40.2. The van der Waals surface area contributed by atoms with Gasteiger partial charge in [-0.25, -0.2) is 19.9 Å². The number of ether oxygens (including phenoxy) is 5. The number of hydrogen-bond acceptors (Lipinski definition) is 13. The molecule has 0 atom stereocenters. The highest BCUT2D eigenvalue weighted by atomic mass is 16.5. The van der Waals surface area contributed by atoms with E-state index < -0.39 is 0 Å². The Bertz CT molecular complexity index is 6670. The second-order valence-corrected chi connectivity index (χ2v) is 29.1. The zero-order chi connectivity index (χ0) is 83.5. The van der Waals surface area contributed by atoms with Gasteiger partial charge in [0, 0.05) is 184 Å². The highest BCUT2D eigenvalue weighted by Gasteiger charge is 2.21. The molecule has 1 saturated heterocycles. The van der Waals surface area contributed by atoms with E-state index in [1.165, 1.54) is 33.5 Å². The van der Waals surface area contributed by atoms with E-state index in [9.17, 15) is 9.59 Å². The largest absolute Gasteiger partial charge is 0.457 e. The summed E-state index contributed by atoms with van der Waals surface area (Å²) < 4.78 is 29.0. The molecule has 19 nitrogen and oxygen atoms in total. The van der Waals surface area contributed by atoms with Crippen LogP contribution in [-0.2, 0) is 9.47 Å². The number of nitrogens with one attached hydrogen (secondary N) is 6. The second kappa shape index (κ2) is 38.2. The number of aryl methyl sites for hydroxylation is 1. The number of hydrogen-bond donors (Lipinski definition) is 6. The van der Waals surface area contributed by atoms with E-state index in [1.54, 1.807) is 19.2 Å². The SMILES string of the molecule is C#CCNC(=O)c1cccc(-c2c[nH]c3ncc(-c4ccccc4Oc4ccccc4)cc23)c1.CN(C)c1ccc(-c2cnc3[nH]cc(N4CCOCC4)c3c2)cc1.COCCNC(=O)c1cccc(-c2c[nH]c3ncc(-c4ccccc4Oc4ccccc4)cc23)c1.Cc1[nH]c2ncc(-c3ccccc3Oc3ccccc3)cc2c1-c1ccccc1. The molecular weight excluding hydrogens is 1520 g/mol. The number of pyridine rings is 4. The Morgan fingerprint density at radius 1 is 0.434 bits per heavy atom. The van der Waals surface area contributed by atoms with Crippen molar-refractivity contribution in [3.63, 3.8) is 0 Å². The fourth-order valence-electron chi connectivity index (χ4n) is 14.8. The molecule has 10 aromatic carbocycles. The van der Waals surface area contributed by atoms with Crippen LogP contribution in [0.5, 0.6) is 34.5 Å². The van der Waals surface area contributed by atoms with Gasteiger partial charge in [-0.15, -0.1) is 6.42 Å². The summed E-state index contributed by atoms with van der Waals surface area (Å²) in [6, 6.07) is 95.8. The van der Waals surface area contributed by atoms with Crippen molar-refractivity contribution >= 4 is 67.3 Å². The predicted octanol–water partition coefficient (Wildman–Crippen LogP) is 22.2. The number of carbonyl (C=O) groups excluding carboxylic acids is 2. The van der Waals surface area contributed by atoms with Gasteiger partial charge in [0.05, 0.1) is 32.1 Å². The van der Waals surface area contributed by atoms with Crippen LogP contribution in [0, 0.1) is 19.3 Å². The standard InChI is InChI=1S/C29H25N3O3.C29H21N3O2.C26H20N2O.C19H22N4O/c1-34-15-14-30-29(33)21-9-7-8-20(16-21)26-19-32-28-25(26)17-22(18-31-28)24-12-5-6-13-27(24)35-23-10-3-2-4-11-23;1-2-15-30-29(33)21-10-8-9-20(16-21)26-19-32-28-25(26)17-22(18-31-28)24-13-6-7-14-27(24)34-23-11-4-3-5-12-23;1-18-25(19-10-4-2-5-11-19)23-16-20(17-27-26(23)28-18)22-14-8-9-15-24(22)29-21-12-6-3-7-13-21;1-22(2)16-5-3-14(4-6-16)15-11-17-18(13-21-19(17)20-12-15)23-7-9-24-10-8-23/h2-13,16-19H,14-15H2,1H3,(H,30,33)(H,31,32);1,3-14,16-19H,15H2,(H,30,33)(H,31,32);2-17H,1H3,(H,27,28);3-6,11-13H,7-10H2,1-2H3,(H,20,21). The number of aromatic amines is 4. The summed E-state index contributed by atoms with van der Waals surface area (Å²) in [5, 5.41) is 9.78. The Morgan fingerprint density at radius 3 is 1.34 bits per heavy atom. The number of morpholine rings is 1. The van der Waals surface area contributed by atoms with Crippen molar-refractivity contribution in [1.29, 1.82) is 0 Å². The van der Waals surface area contributed by atoms with Crippen LogP contribution >= 0.6 is 0 Å². The molecule has 1 fully saturated rings. The van der Waals surface area contributed by atoms with Crippen molar-refractivity contribution in [2.45, 2.75) is 6.92 Å². The summed E-state index contributed by atoms with van der Waals surface area (Å²) in [7, 11) is 5.71. The third kappa shape index (κ3) is 18.8. The maximum absolute atomic E-state index is 12.5. The van der Waals surface area contributed by atoms with Gasteiger partial charge in [0.15, 0.2) is 0 Å². The highest BCUT2D eigenvalue weighted by Crippen LogP contribution is 2.42. The van der Waals surface area contributed by atoms with Crippen molar-refractivity contribution in [3.05, 3.63) is 351 Å². The fourth-order valence-corrected chi connectivity index (χ4v) is 14.8. The molecule has 0 radical (unpaired) electrons. The summed E-state index contributed by atoms with van der Waals surface area (Å²) in [6.07, 6.45) is 18.7. The van der Waals surface area contributed by atoms with Crippen molar-refractivity contribution in [2.24, 2.45) is 0 Å². The van der Waals surface area contributed by atoms with Gasteiger partial charge in [0.1, 0.15) is 57.1 Å². The van der Waals surface area contributed by atoms with Crippen LogP contribution in [0.4, 0.5) is 11.4 Å². The topological polar surface area (TPSA) is 226 Å². The molecule has 1 aliphatic heterocycles. The zero-order valence-electron chi connectivity index (χ0n) is 67.8. The van der Waals surface area contributed by atoms with E-state index in [0.29, 0.717) is 24.3 Å². The molecule has 122 heavy (non-hydrogen) atoms. The van der Waals surface area contributed by atoms with Gasteiger partial charge in [-0.2, -0.15) is 0 Å². The minimum atomic E-state index is -0.203. The lowest BCUT2D eigenvalue weighted by molar-refractivity contribution is 0.0934. The molecule has 6 N–H and O–H groups in total. The number of anilines is 2. The van der Waals surface area contributed by atoms with Crippen LogP contribution in [0.1, 0.15) is 26.4 Å². The Morgan fingerprint density at radius 2 is 0.852 bits per heavy atom. The van der Waals surface area contributed by atoms with Crippen LogP contribution < -0.4 is 34.6 Å². The number of carbonyl (C=O) groups is 2. The van der Waals surface area contributed by atoms with Crippen LogP contribution in [0.25, 0.3) is 122 Å². The average molecular weight is 1610 g/mol. The lowest BCUT2D eigenvalue weighted by atomic mass is 10.0. The first kappa shape index (κ1) is 80.2. The number of fused-ring (bicyclic) bond motifs is 4. The summed E-state index contributed by atoms with van der Waals surface area (Å²) in [5.74, 6) is 6.77. The molecular formula is C103H88N12O7. The minimum Gasteiger partial charge on any atom is -0.457 e. The Hall–Kier alpha value is -15.6. The first-order valence-electron chi connectivity index (χ1n) is 40.2. The molecule has 0 aliphatic carbocycles. The molecule has 19 heteroatoms. The molecule has 602 valence electrons. The molecule has 0 bridgehead atoms. The number of aromatic nitrogens is 8. The Labute approximate surface area is 707 Å². The van der Waals surface area contributed by atoms with Crippen molar-refractivity contribution in [1.82, 2.24) is 50.5 Å². The molecule has 1 aliphatic rings. The number of nitrogens with zero attached hydrogens (tertiary/aromatic N) is 6. The monoisotopic (exact) mass is 1600 g/mol. The van der Waals surface area contributed by atoms with E-state index in [2.05, 4.69) is 167 Å². The molecule has 0 spiro atoms. The minimum absolute atomic E-state index is 0.130. The van der Waals surface area contributed by atoms with Crippen molar-refractivity contribution in [3.8, 4) is 125 Å². The van der Waals surface area contributed by atoms with Crippen LogP contribution in [0.2, 0.25) is 0 Å². The Balaban J connectivity index is 0.000000122. The van der Waals surface area contributed by atoms with Crippen molar-refractivity contribution < 1.29 is 33.3 Å². The first-order chi connectivity index (χ1) is 60.0. The van der Waals surface area contributed by atoms with Gasteiger partial charge in [0.25, 0.3) is 11.8 Å². The lowest BCUT2D eigenvalue weighted by Gasteiger charge is -2.28. The number of benzene rings is 10. The lowest BCUT2D eigenvalue weighted by Crippen LogP contribution is -2.36. The number of terminal acetylenes is 1. The summed E-state index contributed by atoms with van der Waals surface area (Å²) in [6.45, 7) is 6.63. The van der Waals surface area contributed by atoms with E-state index in [0.717, 1.165) is 166 Å². The zero-order valence-corrected chi connectivity index (χ0v) is 67.8. The smallest absolute Gasteiger partial charge is 0.252 e. The molecule has 2 amide bonds. The van der Waals surface area contributed by atoms with Gasteiger partial charge >= 0.3 is 0 Å². The second-order valence-electron chi connectivity index (χ2n) is 29.1. The van der Waals surface area contributed by atoms with Gasteiger partial charge in [-0.1, -0.05) is 182 Å². The third-order valence-corrected chi connectivity index (χ3v) is 20.9. The Kier molecular flexibility index (Phi) is 25.1. The number of H-pyrrole nitrogens is 4. The van der Waals surface area contributed by atoms with E-state index in [1.807, 2.05) is 237 Å². The molecule has 9 heterocycles. The summed E-state index contributed by atoms with van der Waals surface area (Å²) >= 11 is 0. The van der Waals surface area contributed by atoms with E-state index in [-0.39, 0.29) is 18.4 Å². The van der Waals surface area contributed by atoms with Crippen LogP contribution in [-0.4, -0.2) is 119 Å². The van der Waals surface area contributed by atoms with Gasteiger partial charge < -0.3 is 64.1 Å². The number of amides is 2. The average Bonchev–Trinajstić information content (AvgIpc) is 1.63. The fraction of sp³-hybridized carbons (Fsp3) is 0.107. The van der Waals surface area contributed by atoms with E-state index >= 15 is 0 Å². The van der Waals surface area contributed by atoms with Gasteiger partial charge in [-0.3, -0.25) is 9.59 Å². The van der Waals surface area contributed by atoms with Gasteiger partial charge in [-0.05, 0) is 144 Å². The summed E-state index contributed by atoms with van der Waals surface area (Å²) in [5.41, 5.74) is 22.3. The number of methoxy groups -OCH3 is 1. The normalized spacial score (nSPS) is 11.6. The maximum atomic E-state index is 12.5. The molecule has 0 unspecified atom stereocenters. The highest BCUT2D eigenvalue weighted by molar-refractivity contribution is 6.02. The van der Waals surface area contributed by atoms with Gasteiger partial charge in [0.2, 0.25) is 0 Å². The van der Waals surface area contributed by atoms with Crippen LogP contribution in [0.15, 0.2) is 335 Å². The van der Waals surface area contributed by atoms with Crippen LogP contribution in [0.3, 0.4) is 0 Å². The molecule has 19 rings (SSSR count). The predicted molar refractivity (Wildman–Crippen MR) is 489 cm³/mol. The quantitative estimate of drug-likeness (QED) is 0.0291. The molecule has 0 saturated carbocycles. The number of rotatable bonds is 21. The molecule has 18 aromatic rings.